The van der Waals surface area contributed by atoms with Crippen molar-refractivity contribution in [3.05, 3.63) is 71.3 Å². The highest BCUT2D eigenvalue weighted by molar-refractivity contribution is 5.89. The number of nitrogens with zero attached hydrogens (tertiary/aromatic N) is 1. The van der Waals surface area contributed by atoms with Crippen LogP contribution in [0.5, 0.6) is 0 Å². The maximum atomic E-state index is 12.5. The van der Waals surface area contributed by atoms with Crippen molar-refractivity contribution in [2.24, 2.45) is 0 Å². The summed E-state index contributed by atoms with van der Waals surface area (Å²) in [4.78, 5) is 12.5. The minimum Gasteiger partial charge on any atom is -0.458 e. The van der Waals surface area contributed by atoms with E-state index in [9.17, 15) is 4.79 Å². The third kappa shape index (κ3) is 6.06. The molecule has 0 aromatic heterocycles. The molecular formula is C30H42NO2+. The Hall–Kier alpha value is -2.13. The molecule has 0 amide bonds. The Morgan fingerprint density at radius 1 is 0.848 bits per heavy atom. The zero-order chi connectivity index (χ0) is 23.1. The lowest BCUT2D eigenvalue weighted by atomic mass is 9.95. The van der Waals surface area contributed by atoms with E-state index in [0.717, 1.165) is 23.9 Å². The van der Waals surface area contributed by atoms with Crippen molar-refractivity contribution in [1.29, 1.82) is 0 Å². The zero-order valence-corrected chi connectivity index (χ0v) is 20.7. The number of aryl methyl sites for hydroxylation is 1. The lowest BCUT2D eigenvalue weighted by molar-refractivity contribution is -0.961. The van der Waals surface area contributed by atoms with Gasteiger partial charge in [-0.2, -0.15) is 0 Å². The van der Waals surface area contributed by atoms with Crippen LogP contribution in [0.2, 0.25) is 0 Å². The van der Waals surface area contributed by atoms with Crippen LogP contribution in [0.15, 0.2) is 54.6 Å². The smallest absolute Gasteiger partial charge is 0.338 e. The molecule has 2 aliphatic rings. The summed E-state index contributed by atoms with van der Waals surface area (Å²) in [6, 6.07) is 20.0. The van der Waals surface area contributed by atoms with Crippen molar-refractivity contribution in [3.63, 3.8) is 0 Å². The molecule has 2 fully saturated rings. The fraction of sp³-hybridized carbons (Fsp3) is 0.567. The van der Waals surface area contributed by atoms with Crippen LogP contribution in [0.25, 0.3) is 0 Å². The average Bonchev–Trinajstić information content (AvgIpc) is 2.99. The van der Waals surface area contributed by atoms with Gasteiger partial charge in [0.2, 0.25) is 0 Å². The quantitative estimate of drug-likeness (QED) is 0.208. The van der Waals surface area contributed by atoms with Gasteiger partial charge in [0.05, 0.1) is 24.7 Å². The van der Waals surface area contributed by atoms with E-state index >= 15 is 0 Å². The lowest BCUT2D eigenvalue weighted by Gasteiger charge is -2.47. The number of fused-ring (bicyclic) bond motifs is 2. The Balaban J connectivity index is 1.28. The van der Waals surface area contributed by atoms with Crippen molar-refractivity contribution < 1.29 is 14.0 Å². The fourth-order valence-corrected chi connectivity index (χ4v) is 6.16. The molecule has 0 saturated carbocycles. The summed E-state index contributed by atoms with van der Waals surface area (Å²) >= 11 is 0. The molecule has 2 aromatic rings. The molecule has 3 heteroatoms. The summed E-state index contributed by atoms with van der Waals surface area (Å²) in [6.45, 7) is 3.37. The van der Waals surface area contributed by atoms with Crippen LogP contribution in [0.4, 0.5) is 0 Å². The summed E-state index contributed by atoms with van der Waals surface area (Å²) in [7, 11) is 2.43. The normalized spacial score (nSPS) is 26.3. The van der Waals surface area contributed by atoms with Gasteiger partial charge in [-0.25, -0.2) is 4.79 Å². The maximum absolute atomic E-state index is 12.5. The molecule has 178 valence electrons. The number of quaternary nitrogens is 1. The van der Waals surface area contributed by atoms with Crippen molar-refractivity contribution in [2.45, 2.75) is 102 Å². The first-order valence-electron chi connectivity index (χ1n) is 13.3. The van der Waals surface area contributed by atoms with Crippen molar-refractivity contribution in [2.75, 3.05) is 7.05 Å². The highest BCUT2D eigenvalue weighted by atomic mass is 16.5. The zero-order valence-electron chi connectivity index (χ0n) is 20.7. The monoisotopic (exact) mass is 448 g/mol. The molecule has 2 heterocycles. The van der Waals surface area contributed by atoms with Crippen LogP contribution in [0, 0.1) is 0 Å². The summed E-state index contributed by atoms with van der Waals surface area (Å²) in [6.07, 6.45) is 13.9. The molecule has 2 aromatic carbocycles. The van der Waals surface area contributed by atoms with Gasteiger partial charge in [0.15, 0.2) is 0 Å². The minimum atomic E-state index is -0.169. The molecule has 4 rings (SSSR count). The van der Waals surface area contributed by atoms with E-state index in [1.807, 2.05) is 30.3 Å². The number of carbonyl (C=O) groups excluding carboxylic acids is 1. The third-order valence-corrected chi connectivity index (χ3v) is 8.22. The Morgan fingerprint density at radius 2 is 1.45 bits per heavy atom. The Bertz CT molecular complexity index is 862. The van der Waals surface area contributed by atoms with Crippen molar-refractivity contribution >= 4 is 5.97 Å². The van der Waals surface area contributed by atoms with E-state index < -0.39 is 0 Å². The highest BCUT2D eigenvalue weighted by Gasteiger charge is 2.52. The van der Waals surface area contributed by atoms with E-state index in [0.29, 0.717) is 17.6 Å². The largest absolute Gasteiger partial charge is 0.458 e. The number of piperidine rings is 1. The van der Waals surface area contributed by atoms with E-state index in [2.05, 4.69) is 38.2 Å². The Morgan fingerprint density at radius 3 is 2.12 bits per heavy atom. The SMILES string of the molecule is CCCCCCCCc1ccc(C[N+]2(C)C3CCC2CC(OC(=O)c2ccccc2)C3)cc1. The average molecular weight is 449 g/mol. The minimum absolute atomic E-state index is 0.0566. The number of hydrogen-bond acceptors (Lipinski definition) is 2. The number of hydrogen-bond donors (Lipinski definition) is 0. The van der Waals surface area contributed by atoms with E-state index in [1.54, 1.807) is 0 Å². The number of esters is 1. The molecule has 3 nitrogen and oxygen atoms in total. The van der Waals surface area contributed by atoms with Crippen molar-refractivity contribution in [1.82, 2.24) is 0 Å². The number of unbranched alkanes of at least 4 members (excludes halogenated alkanes) is 5. The van der Waals surface area contributed by atoms with Gasteiger partial charge < -0.3 is 9.22 Å². The van der Waals surface area contributed by atoms with Crippen LogP contribution in [-0.4, -0.2) is 35.7 Å². The van der Waals surface area contributed by atoms with Gasteiger partial charge in [0.1, 0.15) is 12.6 Å². The van der Waals surface area contributed by atoms with E-state index in [-0.39, 0.29) is 12.1 Å². The predicted octanol–water partition coefficient (Wildman–Crippen LogP) is 7.09. The van der Waals surface area contributed by atoms with Crippen LogP contribution >= 0.6 is 0 Å². The second kappa shape index (κ2) is 11.3. The van der Waals surface area contributed by atoms with Gasteiger partial charge in [-0.15, -0.1) is 0 Å². The first-order valence-corrected chi connectivity index (χ1v) is 13.3. The molecule has 2 unspecified atom stereocenters. The highest BCUT2D eigenvalue weighted by Crippen LogP contribution is 2.43. The standard InChI is InChI=1S/C30H42NO2/c1-3-4-5-6-7-9-12-24-15-17-25(18-16-24)23-31(2)27-19-20-28(31)22-29(21-27)33-30(32)26-13-10-8-11-14-26/h8,10-11,13-18,27-29H,3-7,9,12,19-23H2,1-2H3/q+1. The summed E-state index contributed by atoms with van der Waals surface area (Å²) in [5, 5.41) is 0. The fourth-order valence-electron chi connectivity index (χ4n) is 6.16. The van der Waals surface area contributed by atoms with Gasteiger partial charge >= 0.3 is 5.97 Å². The van der Waals surface area contributed by atoms with Gasteiger partial charge in [-0.05, 0) is 30.5 Å². The van der Waals surface area contributed by atoms with Crippen LogP contribution < -0.4 is 0 Å². The molecular weight excluding hydrogens is 406 g/mol. The topological polar surface area (TPSA) is 26.3 Å². The number of carbonyl (C=O) groups is 1. The molecule has 0 aliphatic carbocycles. The summed E-state index contributed by atoms with van der Waals surface area (Å²) in [5.41, 5.74) is 3.58. The first kappa shape index (κ1) is 24.0. The first-order chi connectivity index (χ1) is 16.1. The van der Waals surface area contributed by atoms with E-state index in [1.165, 1.54) is 68.9 Å². The molecule has 2 aliphatic heterocycles. The number of rotatable bonds is 11. The van der Waals surface area contributed by atoms with Gasteiger partial charge in [-0.3, -0.25) is 0 Å². The molecule has 2 atom stereocenters. The molecule has 2 bridgehead atoms. The van der Waals surface area contributed by atoms with E-state index in [4.69, 9.17) is 4.74 Å². The Labute approximate surface area is 200 Å². The van der Waals surface area contributed by atoms with Gasteiger partial charge in [0.25, 0.3) is 0 Å². The second-order valence-corrected chi connectivity index (χ2v) is 10.6. The number of ether oxygens (including phenoxy) is 1. The molecule has 0 N–H and O–H groups in total. The second-order valence-electron chi connectivity index (χ2n) is 10.6. The van der Waals surface area contributed by atoms with Crippen LogP contribution in [0.1, 0.15) is 92.6 Å². The van der Waals surface area contributed by atoms with Crippen LogP contribution in [-0.2, 0) is 17.7 Å². The lowest BCUT2D eigenvalue weighted by Crippen LogP contribution is -2.58. The molecule has 0 spiro atoms. The van der Waals surface area contributed by atoms with Crippen LogP contribution in [0.3, 0.4) is 0 Å². The van der Waals surface area contributed by atoms with Gasteiger partial charge in [0, 0.05) is 31.2 Å². The molecule has 33 heavy (non-hydrogen) atoms. The van der Waals surface area contributed by atoms with Gasteiger partial charge in [-0.1, -0.05) is 81.5 Å². The molecule has 2 saturated heterocycles. The summed E-state index contributed by atoms with van der Waals surface area (Å²) < 4.78 is 7.04. The predicted molar refractivity (Wildman–Crippen MR) is 135 cm³/mol. The number of benzene rings is 2. The third-order valence-electron chi connectivity index (χ3n) is 8.22. The summed E-state index contributed by atoms with van der Waals surface area (Å²) in [5.74, 6) is -0.169. The molecule has 0 radical (unpaired) electrons. The Kier molecular flexibility index (Phi) is 8.25. The van der Waals surface area contributed by atoms with Crippen molar-refractivity contribution in [3.8, 4) is 0 Å². The maximum Gasteiger partial charge on any atom is 0.338 e.